The third-order valence-electron chi connectivity index (χ3n) is 4.86. The van der Waals surface area contributed by atoms with Crippen LogP contribution in [0.3, 0.4) is 0 Å². The van der Waals surface area contributed by atoms with E-state index in [4.69, 9.17) is 4.98 Å². The number of fused-ring (bicyclic) bond motifs is 1. The minimum atomic E-state index is -0.0120. The lowest BCUT2D eigenvalue weighted by molar-refractivity contribution is 0.102. The van der Waals surface area contributed by atoms with Crippen LogP contribution in [0.25, 0.3) is 10.2 Å². The maximum atomic E-state index is 12.9. The Hall–Kier alpha value is -1.92. The summed E-state index contributed by atoms with van der Waals surface area (Å²) in [7, 11) is 0. The van der Waals surface area contributed by atoms with Gasteiger partial charge in [0.1, 0.15) is 4.83 Å². The van der Waals surface area contributed by atoms with Crippen LogP contribution in [-0.4, -0.2) is 21.1 Å². The van der Waals surface area contributed by atoms with Crippen molar-refractivity contribution in [1.29, 1.82) is 0 Å². The largest absolute Gasteiger partial charge is 0.293 e. The highest BCUT2D eigenvalue weighted by Gasteiger charge is 2.18. The second-order valence-corrected chi connectivity index (χ2v) is 9.04. The third kappa shape index (κ3) is 3.60. The molecule has 0 amide bonds. The van der Waals surface area contributed by atoms with Gasteiger partial charge in [0.25, 0.3) is 5.56 Å². The fraction of sp³-hybridized carbons (Fsp3) is 0.381. The number of ketones is 1. The van der Waals surface area contributed by atoms with E-state index in [0.29, 0.717) is 17.1 Å². The zero-order valence-corrected chi connectivity index (χ0v) is 18.2. The van der Waals surface area contributed by atoms with Crippen LogP contribution in [-0.2, 0) is 6.54 Å². The summed E-state index contributed by atoms with van der Waals surface area (Å²) in [5.41, 5.74) is 4.93. The summed E-state index contributed by atoms with van der Waals surface area (Å²) in [6.07, 6.45) is 0. The number of carbonyl (C=O) groups excluding carboxylic acids is 1. The highest BCUT2D eigenvalue weighted by molar-refractivity contribution is 7.99. The van der Waals surface area contributed by atoms with Crippen molar-refractivity contribution in [2.45, 2.75) is 53.2 Å². The number of aromatic nitrogens is 2. The van der Waals surface area contributed by atoms with Crippen LogP contribution < -0.4 is 5.56 Å². The van der Waals surface area contributed by atoms with Crippen molar-refractivity contribution in [2.75, 3.05) is 5.75 Å². The van der Waals surface area contributed by atoms with Crippen LogP contribution in [0.4, 0.5) is 0 Å². The van der Waals surface area contributed by atoms with Crippen LogP contribution in [0.15, 0.2) is 22.1 Å². The van der Waals surface area contributed by atoms with Gasteiger partial charge in [-0.2, -0.15) is 0 Å². The van der Waals surface area contributed by atoms with Crippen molar-refractivity contribution in [2.24, 2.45) is 0 Å². The third-order valence-corrected chi connectivity index (χ3v) is 6.94. The maximum absolute atomic E-state index is 12.9. The number of benzene rings is 1. The zero-order chi connectivity index (χ0) is 19.9. The number of hydrogen-bond donors (Lipinski definition) is 0. The van der Waals surface area contributed by atoms with Gasteiger partial charge in [-0.3, -0.25) is 14.2 Å². The number of nitrogens with zero attached hydrogens (tertiary/aromatic N) is 2. The normalized spacial score (nSPS) is 11.3. The van der Waals surface area contributed by atoms with Gasteiger partial charge in [-0.15, -0.1) is 11.3 Å². The molecule has 6 heteroatoms. The molecule has 142 valence electrons. The van der Waals surface area contributed by atoms with Gasteiger partial charge >= 0.3 is 0 Å². The van der Waals surface area contributed by atoms with Crippen molar-refractivity contribution in [3.8, 4) is 0 Å². The van der Waals surface area contributed by atoms with Gasteiger partial charge in [0.05, 0.1) is 11.1 Å². The topological polar surface area (TPSA) is 52.0 Å². The average Bonchev–Trinajstić information content (AvgIpc) is 2.86. The molecule has 0 N–H and O–H groups in total. The lowest BCUT2D eigenvalue weighted by Crippen LogP contribution is -2.23. The van der Waals surface area contributed by atoms with E-state index in [9.17, 15) is 9.59 Å². The molecular weight excluding hydrogens is 376 g/mol. The molecule has 0 fully saturated rings. The predicted molar refractivity (Wildman–Crippen MR) is 115 cm³/mol. The van der Waals surface area contributed by atoms with E-state index in [-0.39, 0.29) is 17.1 Å². The Kier molecular flexibility index (Phi) is 5.58. The van der Waals surface area contributed by atoms with Gasteiger partial charge in [-0.05, 0) is 58.2 Å². The molecule has 4 nitrogen and oxygen atoms in total. The minimum absolute atomic E-state index is 0.0120. The van der Waals surface area contributed by atoms with Gasteiger partial charge < -0.3 is 0 Å². The predicted octanol–water partition coefficient (Wildman–Crippen LogP) is 5.00. The van der Waals surface area contributed by atoms with Crippen LogP contribution >= 0.6 is 23.1 Å². The van der Waals surface area contributed by atoms with Crippen LogP contribution in [0.2, 0.25) is 0 Å². The van der Waals surface area contributed by atoms with Crippen LogP contribution in [0.1, 0.15) is 44.4 Å². The van der Waals surface area contributed by atoms with Crippen LogP contribution in [0.5, 0.6) is 0 Å². The fourth-order valence-electron chi connectivity index (χ4n) is 3.52. The molecule has 0 radical (unpaired) electrons. The molecule has 0 atom stereocenters. The van der Waals surface area contributed by atoms with Crippen molar-refractivity contribution in [3.63, 3.8) is 0 Å². The molecular formula is C21H24N2O2S2. The molecule has 3 aromatic rings. The van der Waals surface area contributed by atoms with Gasteiger partial charge in [0.15, 0.2) is 10.9 Å². The quantitative estimate of drug-likeness (QED) is 0.344. The summed E-state index contributed by atoms with van der Waals surface area (Å²) in [6.45, 7) is 12.4. The number of Topliss-reactive ketones (excluding diaryl/α,β-unsaturated/α-hetero) is 1. The molecule has 1 aromatic carbocycles. The number of aryl methyl sites for hydroxylation is 5. The number of rotatable bonds is 5. The van der Waals surface area contributed by atoms with E-state index < -0.39 is 0 Å². The molecule has 0 spiro atoms. The van der Waals surface area contributed by atoms with E-state index in [1.165, 1.54) is 11.8 Å². The Morgan fingerprint density at radius 1 is 1.15 bits per heavy atom. The molecule has 0 unspecified atom stereocenters. The van der Waals surface area contributed by atoms with Crippen molar-refractivity contribution < 1.29 is 4.79 Å². The number of carbonyl (C=O) groups is 1. The number of hydrogen-bond acceptors (Lipinski definition) is 5. The van der Waals surface area contributed by atoms with Gasteiger partial charge in [-0.1, -0.05) is 29.5 Å². The highest BCUT2D eigenvalue weighted by Crippen LogP contribution is 2.29. The molecule has 2 heterocycles. The summed E-state index contributed by atoms with van der Waals surface area (Å²) >= 11 is 2.89. The van der Waals surface area contributed by atoms with E-state index >= 15 is 0 Å². The zero-order valence-electron chi connectivity index (χ0n) is 16.6. The van der Waals surface area contributed by atoms with Gasteiger partial charge in [-0.25, -0.2) is 4.98 Å². The Balaban J connectivity index is 1.96. The molecule has 0 bridgehead atoms. The highest BCUT2D eigenvalue weighted by atomic mass is 32.2. The number of thiophene rings is 1. The van der Waals surface area contributed by atoms with E-state index in [1.807, 2.05) is 53.7 Å². The smallest absolute Gasteiger partial charge is 0.263 e. The minimum Gasteiger partial charge on any atom is -0.293 e. The Morgan fingerprint density at radius 2 is 1.78 bits per heavy atom. The summed E-state index contributed by atoms with van der Waals surface area (Å²) < 4.78 is 1.67. The van der Waals surface area contributed by atoms with Crippen molar-refractivity contribution >= 4 is 39.1 Å². The lowest BCUT2D eigenvalue weighted by atomic mass is 9.97. The van der Waals surface area contributed by atoms with E-state index in [1.54, 1.807) is 15.9 Å². The Morgan fingerprint density at radius 3 is 2.37 bits per heavy atom. The first-order valence-corrected chi connectivity index (χ1v) is 10.8. The first-order chi connectivity index (χ1) is 12.7. The van der Waals surface area contributed by atoms with Crippen molar-refractivity contribution in [3.05, 3.63) is 55.2 Å². The molecule has 0 aliphatic heterocycles. The number of thioether (sulfide) groups is 1. The monoisotopic (exact) mass is 400 g/mol. The molecule has 27 heavy (non-hydrogen) atoms. The molecule has 3 rings (SSSR count). The fourth-order valence-corrected chi connectivity index (χ4v) is 5.53. The molecule has 2 aromatic heterocycles. The van der Waals surface area contributed by atoms with Crippen LogP contribution in [0, 0.1) is 34.6 Å². The molecule has 0 aliphatic carbocycles. The molecule has 0 saturated heterocycles. The van der Waals surface area contributed by atoms with Gasteiger partial charge in [0.2, 0.25) is 0 Å². The SMILES string of the molecule is CCn1c(SCC(=O)c2c(C)cc(C)cc2C)nc2sc(C)c(C)c2c1=O. The summed E-state index contributed by atoms with van der Waals surface area (Å²) in [5.74, 6) is 0.344. The van der Waals surface area contributed by atoms with E-state index in [2.05, 4.69) is 0 Å². The Bertz CT molecular complexity index is 1090. The van der Waals surface area contributed by atoms with E-state index in [0.717, 1.165) is 37.5 Å². The first kappa shape index (κ1) is 19.8. The second-order valence-electron chi connectivity index (χ2n) is 6.89. The molecule has 0 aliphatic rings. The Labute approximate surface area is 167 Å². The van der Waals surface area contributed by atoms with Gasteiger partial charge in [0, 0.05) is 17.0 Å². The molecule has 0 saturated carbocycles. The second kappa shape index (κ2) is 7.60. The summed E-state index contributed by atoms with van der Waals surface area (Å²) in [6, 6.07) is 4.07. The first-order valence-electron chi connectivity index (χ1n) is 8.99. The summed E-state index contributed by atoms with van der Waals surface area (Å²) in [5, 5.41) is 1.33. The van der Waals surface area contributed by atoms with Crippen molar-refractivity contribution in [1.82, 2.24) is 9.55 Å². The standard InChI is InChI=1S/C21H24N2O2S2/c1-7-23-20(25)18-14(5)15(6)27-19(18)22-21(23)26-10-16(24)17-12(3)8-11(2)9-13(17)4/h8-9H,7,10H2,1-6H3. The maximum Gasteiger partial charge on any atom is 0.263 e. The summed E-state index contributed by atoms with van der Waals surface area (Å²) in [4.78, 5) is 32.3. The average molecular weight is 401 g/mol. The lowest BCUT2D eigenvalue weighted by Gasteiger charge is -2.12.